The van der Waals surface area contributed by atoms with Crippen LogP contribution in [0.25, 0.3) is 10.9 Å². The summed E-state index contributed by atoms with van der Waals surface area (Å²) in [5.41, 5.74) is 2.24. The molecule has 94 valence electrons. The third kappa shape index (κ3) is 2.18. The minimum Gasteiger partial charge on any atom is -0.490 e. The van der Waals surface area contributed by atoms with E-state index >= 15 is 0 Å². The molecule has 18 heavy (non-hydrogen) atoms. The van der Waals surface area contributed by atoms with E-state index in [1.165, 1.54) is 5.56 Å². The number of para-hydroxylation sites is 1. The molecule has 1 fully saturated rings. The predicted octanol–water partition coefficient (Wildman–Crippen LogP) is 2.67. The molecule has 0 saturated carbocycles. The number of nitrogens with one attached hydrogen (secondary N) is 1. The van der Waals surface area contributed by atoms with Crippen LogP contribution in [-0.4, -0.2) is 24.2 Å². The van der Waals surface area contributed by atoms with Crippen LogP contribution in [0.5, 0.6) is 5.75 Å². The Morgan fingerprint density at radius 3 is 2.89 bits per heavy atom. The summed E-state index contributed by atoms with van der Waals surface area (Å²) in [5, 5.41) is 4.48. The lowest BCUT2D eigenvalue weighted by atomic mass is 10.1. The van der Waals surface area contributed by atoms with Gasteiger partial charge in [-0.05, 0) is 50.6 Å². The average Bonchev–Trinajstić information content (AvgIpc) is 2.41. The number of nitrogens with zero attached hydrogens (tertiary/aromatic N) is 1. The molecule has 0 bridgehead atoms. The van der Waals surface area contributed by atoms with Crippen molar-refractivity contribution < 1.29 is 4.74 Å². The molecule has 3 rings (SSSR count). The molecular formula is C15H18N2O. The second kappa shape index (κ2) is 4.94. The highest BCUT2D eigenvalue weighted by Gasteiger charge is 2.15. The fourth-order valence-electron chi connectivity index (χ4n) is 2.49. The smallest absolute Gasteiger partial charge is 0.130 e. The number of hydrogen-bond acceptors (Lipinski definition) is 3. The van der Waals surface area contributed by atoms with Crippen molar-refractivity contribution in [1.82, 2.24) is 10.3 Å². The van der Waals surface area contributed by atoms with Crippen LogP contribution in [0, 0.1) is 6.92 Å². The Kier molecular flexibility index (Phi) is 3.15. The molecule has 0 atom stereocenters. The first kappa shape index (κ1) is 11.5. The van der Waals surface area contributed by atoms with Crippen LogP contribution in [0.15, 0.2) is 30.5 Å². The first-order valence-electron chi connectivity index (χ1n) is 6.56. The summed E-state index contributed by atoms with van der Waals surface area (Å²) >= 11 is 0. The molecule has 0 amide bonds. The molecule has 3 nitrogen and oxygen atoms in total. The van der Waals surface area contributed by atoms with E-state index in [9.17, 15) is 0 Å². The monoisotopic (exact) mass is 242 g/mol. The van der Waals surface area contributed by atoms with Gasteiger partial charge in [-0.25, -0.2) is 0 Å². The summed E-state index contributed by atoms with van der Waals surface area (Å²) in [5.74, 6) is 0.968. The minimum absolute atomic E-state index is 0.331. The molecule has 1 aliphatic heterocycles. The number of piperidine rings is 1. The van der Waals surface area contributed by atoms with Gasteiger partial charge in [-0.1, -0.05) is 12.1 Å². The molecule has 1 saturated heterocycles. The van der Waals surface area contributed by atoms with E-state index in [0.29, 0.717) is 6.10 Å². The number of pyridine rings is 1. The third-order valence-electron chi connectivity index (χ3n) is 3.51. The van der Waals surface area contributed by atoms with Crippen LogP contribution < -0.4 is 10.1 Å². The Hall–Kier alpha value is -1.61. The first-order valence-corrected chi connectivity index (χ1v) is 6.56. The third-order valence-corrected chi connectivity index (χ3v) is 3.51. The normalized spacial score (nSPS) is 16.9. The van der Waals surface area contributed by atoms with E-state index in [-0.39, 0.29) is 0 Å². The van der Waals surface area contributed by atoms with Crippen molar-refractivity contribution in [1.29, 1.82) is 0 Å². The number of rotatable bonds is 2. The van der Waals surface area contributed by atoms with Gasteiger partial charge in [-0.3, -0.25) is 4.98 Å². The molecule has 1 aromatic carbocycles. The fourth-order valence-corrected chi connectivity index (χ4v) is 2.49. The van der Waals surface area contributed by atoms with Crippen molar-refractivity contribution in [2.45, 2.75) is 25.9 Å². The van der Waals surface area contributed by atoms with Gasteiger partial charge in [0.15, 0.2) is 0 Å². The van der Waals surface area contributed by atoms with Gasteiger partial charge in [0.25, 0.3) is 0 Å². The van der Waals surface area contributed by atoms with Crippen LogP contribution in [0.2, 0.25) is 0 Å². The lowest BCUT2D eigenvalue weighted by Gasteiger charge is -2.24. The number of fused-ring (bicyclic) bond motifs is 1. The molecule has 1 aliphatic rings. The zero-order valence-corrected chi connectivity index (χ0v) is 10.6. The van der Waals surface area contributed by atoms with Crippen molar-refractivity contribution in [2.24, 2.45) is 0 Å². The molecule has 0 unspecified atom stereocenters. The van der Waals surface area contributed by atoms with E-state index < -0.39 is 0 Å². The number of aryl methyl sites for hydroxylation is 1. The van der Waals surface area contributed by atoms with Crippen molar-refractivity contribution in [2.75, 3.05) is 13.1 Å². The minimum atomic E-state index is 0.331. The molecule has 0 radical (unpaired) electrons. The number of aromatic nitrogens is 1. The summed E-state index contributed by atoms with van der Waals surface area (Å²) in [6.07, 6.45) is 4.33. The average molecular weight is 242 g/mol. The van der Waals surface area contributed by atoms with Gasteiger partial charge in [0.05, 0.1) is 5.52 Å². The molecule has 0 aliphatic carbocycles. The lowest BCUT2D eigenvalue weighted by molar-refractivity contribution is 0.164. The summed E-state index contributed by atoms with van der Waals surface area (Å²) in [6, 6.07) is 8.22. The zero-order valence-electron chi connectivity index (χ0n) is 10.6. The van der Waals surface area contributed by atoms with E-state index in [0.717, 1.165) is 42.6 Å². The first-order chi connectivity index (χ1) is 8.84. The van der Waals surface area contributed by atoms with Crippen molar-refractivity contribution in [3.8, 4) is 5.75 Å². The SMILES string of the molecule is Cc1cccc2c(OC3CCNCC3)ccnc12. The zero-order chi connectivity index (χ0) is 12.4. The lowest BCUT2D eigenvalue weighted by Crippen LogP contribution is -2.34. The summed E-state index contributed by atoms with van der Waals surface area (Å²) < 4.78 is 6.14. The summed E-state index contributed by atoms with van der Waals surface area (Å²) in [4.78, 5) is 4.44. The van der Waals surface area contributed by atoms with E-state index in [2.05, 4.69) is 35.4 Å². The highest BCUT2D eigenvalue weighted by molar-refractivity contribution is 5.87. The Morgan fingerprint density at radius 1 is 1.22 bits per heavy atom. The van der Waals surface area contributed by atoms with Crippen LogP contribution >= 0.6 is 0 Å². The van der Waals surface area contributed by atoms with Crippen molar-refractivity contribution in [3.05, 3.63) is 36.0 Å². The van der Waals surface area contributed by atoms with Crippen LogP contribution in [-0.2, 0) is 0 Å². The molecular weight excluding hydrogens is 224 g/mol. The molecule has 2 aromatic rings. The Labute approximate surface area is 107 Å². The fraction of sp³-hybridized carbons (Fsp3) is 0.400. The highest BCUT2D eigenvalue weighted by Crippen LogP contribution is 2.27. The van der Waals surface area contributed by atoms with Crippen LogP contribution in [0.3, 0.4) is 0 Å². The van der Waals surface area contributed by atoms with Gasteiger partial charge in [-0.15, -0.1) is 0 Å². The van der Waals surface area contributed by atoms with Gasteiger partial charge >= 0.3 is 0 Å². The van der Waals surface area contributed by atoms with Gasteiger partial charge in [-0.2, -0.15) is 0 Å². The number of hydrogen-bond donors (Lipinski definition) is 1. The second-order valence-corrected chi connectivity index (χ2v) is 4.85. The standard InChI is InChI=1S/C15H18N2O/c1-11-3-2-4-13-14(7-10-17-15(11)13)18-12-5-8-16-9-6-12/h2-4,7,10,12,16H,5-6,8-9H2,1H3. The predicted molar refractivity (Wildman–Crippen MR) is 73.0 cm³/mol. The van der Waals surface area contributed by atoms with Gasteiger partial charge in [0.1, 0.15) is 11.9 Å². The molecule has 1 aromatic heterocycles. The second-order valence-electron chi connectivity index (χ2n) is 4.85. The van der Waals surface area contributed by atoms with Crippen LogP contribution in [0.4, 0.5) is 0 Å². The van der Waals surface area contributed by atoms with Crippen LogP contribution in [0.1, 0.15) is 18.4 Å². The van der Waals surface area contributed by atoms with E-state index in [4.69, 9.17) is 4.74 Å². The molecule has 0 spiro atoms. The molecule has 3 heteroatoms. The Bertz CT molecular complexity index is 547. The Morgan fingerprint density at radius 2 is 2.06 bits per heavy atom. The van der Waals surface area contributed by atoms with E-state index in [1.807, 2.05) is 12.3 Å². The van der Waals surface area contributed by atoms with Crippen molar-refractivity contribution >= 4 is 10.9 Å². The Balaban J connectivity index is 1.93. The van der Waals surface area contributed by atoms with E-state index in [1.54, 1.807) is 0 Å². The quantitative estimate of drug-likeness (QED) is 0.879. The maximum absolute atomic E-state index is 6.14. The largest absolute Gasteiger partial charge is 0.490 e. The summed E-state index contributed by atoms with van der Waals surface area (Å²) in [6.45, 7) is 4.18. The highest BCUT2D eigenvalue weighted by atomic mass is 16.5. The number of benzene rings is 1. The maximum Gasteiger partial charge on any atom is 0.130 e. The summed E-state index contributed by atoms with van der Waals surface area (Å²) in [7, 11) is 0. The molecule has 2 heterocycles. The maximum atomic E-state index is 6.14. The van der Waals surface area contributed by atoms with Crippen molar-refractivity contribution in [3.63, 3.8) is 0 Å². The number of ether oxygens (including phenoxy) is 1. The molecule has 1 N–H and O–H groups in total. The van der Waals surface area contributed by atoms with Gasteiger partial charge in [0.2, 0.25) is 0 Å². The van der Waals surface area contributed by atoms with Gasteiger partial charge in [0, 0.05) is 11.6 Å². The van der Waals surface area contributed by atoms with Gasteiger partial charge < -0.3 is 10.1 Å². The topological polar surface area (TPSA) is 34.1 Å².